The van der Waals surface area contributed by atoms with E-state index in [0.717, 1.165) is 17.1 Å². The maximum Gasteiger partial charge on any atom is 0.243 e. The lowest BCUT2D eigenvalue weighted by Crippen LogP contribution is -2.41. The predicted molar refractivity (Wildman–Crippen MR) is 92.0 cm³/mol. The molecule has 1 aliphatic heterocycles. The van der Waals surface area contributed by atoms with E-state index in [9.17, 15) is 13.2 Å². The number of hydrogen-bond donors (Lipinski definition) is 1. The molecule has 1 aromatic rings. The Balaban J connectivity index is 1.65. The van der Waals surface area contributed by atoms with Crippen LogP contribution in [0.3, 0.4) is 0 Å². The van der Waals surface area contributed by atoms with Crippen molar-refractivity contribution in [2.75, 3.05) is 26.7 Å². The summed E-state index contributed by atoms with van der Waals surface area (Å²) in [6.45, 7) is 1.16. The van der Waals surface area contributed by atoms with Gasteiger partial charge in [0.1, 0.15) is 0 Å². The molecule has 1 amide bonds. The number of carbonyl (C=O) groups excluding carboxylic acids is 1. The van der Waals surface area contributed by atoms with E-state index in [-0.39, 0.29) is 23.4 Å². The molecule has 2 aliphatic rings. The second-order valence-electron chi connectivity index (χ2n) is 6.68. The molecule has 2 N–H and O–H groups in total. The maximum absolute atomic E-state index is 12.5. The van der Waals surface area contributed by atoms with Crippen LogP contribution in [0.25, 0.3) is 0 Å². The van der Waals surface area contributed by atoms with Gasteiger partial charge in [-0.15, -0.1) is 0 Å². The van der Waals surface area contributed by atoms with Crippen LogP contribution >= 0.6 is 11.6 Å². The molecule has 24 heavy (non-hydrogen) atoms. The second-order valence-corrected chi connectivity index (χ2v) is 9.16. The molecule has 1 aliphatic carbocycles. The SMILES string of the molecule is CN(CC(=O)N1CC2CCC(N)C2C1)S(=O)(=O)c1ccc(Cl)cc1. The number of fused-ring (bicyclic) bond motifs is 1. The van der Waals surface area contributed by atoms with Crippen LogP contribution in [0, 0.1) is 11.8 Å². The summed E-state index contributed by atoms with van der Waals surface area (Å²) in [5, 5.41) is 0.465. The van der Waals surface area contributed by atoms with Crippen LogP contribution < -0.4 is 5.73 Å². The average Bonchev–Trinajstić information content (AvgIpc) is 3.10. The topological polar surface area (TPSA) is 83.7 Å². The van der Waals surface area contributed by atoms with Gasteiger partial charge in [-0.05, 0) is 48.9 Å². The van der Waals surface area contributed by atoms with Crippen molar-refractivity contribution in [2.45, 2.75) is 23.8 Å². The maximum atomic E-state index is 12.5. The summed E-state index contributed by atoms with van der Waals surface area (Å²) < 4.78 is 26.2. The molecule has 1 saturated heterocycles. The molecule has 3 atom stereocenters. The van der Waals surface area contributed by atoms with Crippen molar-refractivity contribution in [2.24, 2.45) is 17.6 Å². The highest BCUT2D eigenvalue weighted by molar-refractivity contribution is 7.89. The first kappa shape index (κ1) is 17.7. The first-order chi connectivity index (χ1) is 11.3. The number of hydrogen-bond acceptors (Lipinski definition) is 4. The first-order valence-electron chi connectivity index (χ1n) is 8.04. The standard InChI is InChI=1S/C16H22ClN3O3S/c1-19(24(22,23)13-5-3-12(17)4-6-13)10-16(21)20-8-11-2-7-15(18)14(11)9-20/h3-6,11,14-15H,2,7-10,18H2,1H3. The fraction of sp³-hybridized carbons (Fsp3) is 0.562. The van der Waals surface area contributed by atoms with Crippen molar-refractivity contribution in [3.8, 4) is 0 Å². The highest BCUT2D eigenvalue weighted by atomic mass is 35.5. The lowest BCUT2D eigenvalue weighted by atomic mass is 9.98. The van der Waals surface area contributed by atoms with Crippen LogP contribution in [0.15, 0.2) is 29.2 Å². The van der Waals surface area contributed by atoms with Gasteiger partial charge in [0.05, 0.1) is 11.4 Å². The number of nitrogens with two attached hydrogens (primary N) is 1. The Kier molecular flexibility index (Phi) is 4.88. The first-order valence-corrected chi connectivity index (χ1v) is 9.86. The van der Waals surface area contributed by atoms with Crippen molar-refractivity contribution < 1.29 is 13.2 Å². The van der Waals surface area contributed by atoms with Crippen LogP contribution in [-0.2, 0) is 14.8 Å². The number of benzene rings is 1. The van der Waals surface area contributed by atoms with Crippen LogP contribution in [0.4, 0.5) is 0 Å². The van der Waals surface area contributed by atoms with E-state index in [4.69, 9.17) is 17.3 Å². The molecule has 0 bridgehead atoms. The molecule has 6 nitrogen and oxygen atoms in total. The molecule has 8 heteroatoms. The summed E-state index contributed by atoms with van der Waals surface area (Å²) in [6.07, 6.45) is 2.07. The number of likely N-dealkylation sites (tertiary alicyclic amines) is 1. The van der Waals surface area contributed by atoms with Gasteiger partial charge in [0.15, 0.2) is 0 Å². The minimum atomic E-state index is -3.71. The molecular weight excluding hydrogens is 350 g/mol. The van der Waals surface area contributed by atoms with Crippen molar-refractivity contribution in [1.29, 1.82) is 0 Å². The highest BCUT2D eigenvalue weighted by Crippen LogP contribution is 2.37. The molecular formula is C16H22ClN3O3S. The molecule has 1 aromatic carbocycles. The molecule has 1 heterocycles. The number of halogens is 1. The van der Waals surface area contributed by atoms with E-state index in [2.05, 4.69) is 0 Å². The molecule has 132 valence electrons. The fourth-order valence-electron chi connectivity index (χ4n) is 3.67. The second kappa shape index (κ2) is 6.63. The Labute approximate surface area is 147 Å². The summed E-state index contributed by atoms with van der Waals surface area (Å²) in [4.78, 5) is 14.4. The summed E-state index contributed by atoms with van der Waals surface area (Å²) in [7, 11) is -2.29. The van der Waals surface area contributed by atoms with Crippen LogP contribution in [0.5, 0.6) is 0 Å². The summed E-state index contributed by atoms with van der Waals surface area (Å²) in [5.74, 6) is 0.644. The number of sulfonamides is 1. The zero-order chi connectivity index (χ0) is 17.5. The van der Waals surface area contributed by atoms with Gasteiger partial charge >= 0.3 is 0 Å². The zero-order valence-electron chi connectivity index (χ0n) is 13.6. The Hall–Kier alpha value is -1.15. The van der Waals surface area contributed by atoms with Crippen molar-refractivity contribution in [1.82, 2.24) is 9.21 Å². The van der Waals surface area contributed by atoms with Crippen molar-refractivity contribution in [3.63, 3.8) is 0 Å². The van der Waals surface area contributed by atoms with E-state index in [0.29, 0.717) is 29.9 Å². The van der Waals surface area contributed by atoms with Gasteiger partial charge in [-0.2, -0.15) is 4.31 Å². The van der Waals surface area contributed by atoms with Gasteiger partial charge in [0, 0.05) is 31.2 Å². The monoisotopic (exact) mass is 371 g/mol. The molecule has 0 radical (unpaired) electrons. The molecule has 0 spiro atoms. The number of carbonyl (C=O) groups is 1. The van der Waals surface area contributed by atoms with Gasteiger partial charge < -0.3 is 10.6 Å². The third kappa shape index (κ3) is 3.31. The smallest absolute Gasteiger partial charge is 0.243 e. The van der Waals surface area contributed by atoms with E-state index in [1.165, 1.54) is 31.3 Å². The lowest BCUT2D eigenvalue weighted by molar-refractivity contribution is -0.130. The van der Waals surface area contributed by atoms with E-state index in [1.807, 2.05) is 0 Å². The predicted octanol–water partition coefficient (Wildman–Crippen LogP) is 1.16. The Bertz CT molecular complexity index is 723. The van der Waals surface area contributed by atoms with Gasteiger partial charge in [0.2, 0.25) is 15.9 Å². The number of nitrogens with zero attached hydrogens (tertiary/aromatic N) is 2. The van der Waals surface area contributed by atoms with Crippen LogP contribution in [-0.4, -0.2) is 56.3 Å². The Morgan fingerprint density at radius 3 is 2.58 bits per heavy atom. The largest absolute Gasteiger partial charge is 0.341 e. The minimum absolute atomic E-state index is 0.127. The Morgan fingerprint density at radius 1 is 1.29 bits per heavy atom. The summed E-state index contributed by atoms with van der Waals surface area (Å²) >= 11 is 5.79. The number of rotatable bonds is 4. The lowest BCUT2D eigenvalue weighted by Gasteiger charge is -2.22. The highest BCUT2D eigenvalue weighted by Gasteiger charge is 2.42. The minimum Gasteiger partial charge on any atom is -0.341 e. The van der Waals surface area contributed by atoms with E-state index < -0.39 is 10.0 Å². The quantitative estimate of drug-likeness (QED) is 0.860. The zero-order valence-corrected chi connectivity index (χ0v) is 15.1. The van der Waals surface area contributed by atoms with Gasteiger partial charge in [-0.25, -0.2) is 8.42 Å². The van der Waals surface area contributed by atoms with Gasteiger partial charge in [-0.1, -0.05) is 11.6 Å². The Morgan fingerprint density at radius 2 is 1.96 bits per heavy atom. The van der Waals surface area contributed by atoms with Gasteiger partial charge in [0.25, 0.3) is 0 Å². The third-order valence-electron chi connectivity index (χ3n) is 5.14. The number of amides is 1. The van der Waals surface area contributed by atoms with Crippen LogP contribution in [0.2, 0.25) is 5.02 Å². The third-order valence-corrected chi connectivity index (χ3v) is 7.21. The van der Waals surface area contributed by atoms with Gasteiger partial charge in [-0.3, -0.25) is 4.79 Å². The summed E-state index contributed by atoms with van der Waals surface area (Å²) in [5.41, 5.74) is 6.09. The van der Waals surface area contributed by atoms with Crippen molar-refractivity contribution >= 4 is 27.5 Å². The molecule has 3 rings (SSSR count). The molecule has 2 fully saturated rings. The average molecular weight is 372 g/mol. The normalized spacial score (nSPS) is 26.8. The van der Waals surface area contributed by atoms with E-state index in [1.54, 1.807) is 4.90 Å². The molecule has 1 saturated carbocycles. The summed E-state index contributed by atoms with van der Waals surface area (Å²) in [6, 6.07) is 6.08. The number of likely N-dealkylation sites (N-methyl/N-ethyl adjacent to an activating group) is 1. The fourth-order valence-corrected chi connectivity index (χ4v) is 4.92. The molecule has 0 aromatic heterocycles. The van der Waals surface area contributed by atoms with E-state index >= 15 is 0 Å². The molecule has 3 unspecified atom stereocenters. The van der Waals surface area contributed by atoms with Crippen LogP contribution in [0.1, 0.15) is 12.8 Å². The van der Waals surface area contributed by atoms with Crippen molar-refractivity contribution in [3.05, 3.63) is 29.3 Å².